The van der Waals surface area contributed by atoms with Gasteiger partial charge in [-0.1, -0.05) is 60.2 Å². The Balaban J connectivity index is 1.86. The zero-order chi connectivity index (χ0) is 18.7. The van der Waals surface area contributed by atoms with Crippen molar-refractivity contribution in [3.8, 4) is 11.3 Å². The lowest BCUT2D eigenvalue weighted by Crippen LogP contribution is -2.46. The smallest absolute Gasteiger partial charge is 0.315 e. The molecule has 0 spiro atoms. The summed E-state index contributed by atoms with van der Waals surface area (Å²) in [6.45, 7) is 8.75. The van der Waals surface area contributed by atoms with Crippen LogP contribution in [-0.4, -0.2) is 26.0 Å². The normalized spacial score (nSPS) is 11.4. The molecule has 0 fully saturated rings. The molecule has 0 aliphatic carbocycles. The number of hydrogen-bond acceptors (Lipinski definition) is 2. The Morgan fingerprint density at radius 1 is 1.04 bits per heavy atom. The van der Waals surface area contributed by atoms with Gasteiger partial charge >= 0.3 is 6.03 Å². The molecule has 0 bridgehead atoms. The molecule has 0 N–H and O–H groups in total. The minimum absolute atomic E-state index is 0.0767. The summed E-state index contributed by atoms with van der Waals surface area (Å²) in [4.78, 5) is 19.4. The summed E-state index contributed by atoms with van der Waals surface area (Å²) in [7, 11) is 0. The van der Waals surface area contributed by atoms with Crippen molar-refractivity contribution in [2.75, 3.05) is 0 Å². The summed E-state index contributed by atoms with van der Waals surface area (Å²) < 4.78 is 1.57. The van der Waals surface area contributed by atoms with Gasteiger partial charge in [0, 0.05) is 23.8 Å². The second-order valence-electron chi connectivity index (χ2n) is 7.56. The van der Waals surface area contributed by atoms with Crippen molar-refractivity contribution in [1.29, 1.82) is 0 Å². The van der Waals surface area contributed by atoms with Gasteiger partial charge in [0.25, 0.3) is 0 Å². The fourth-order valence-electron chi connectivity index (χ4n) is 2.80. The molecule has 0 aliphatic heterocycles. The zero-order valence-corrected chi connectivity index (χ0v) is 15.8. The molecule has 3 aromatic rings. The molecule has 3 rings (SSSR count). The van der Waals surface area contributed by atoms with E-state index in [9.17, 15) is 4.79 Å². The van der Waals surface area contributed by atoms with Gasteiger partial charge in [-0.05, 0) is 33.3 Å². The minimum Gasteiger partial charge on any atom is -0.315 e. The maximum atomic E-state index is 13.1. The molecule has 2 aromatic carbocycles. The Hall–Kier alpha value is -2.88. The quantitative estimate of drug-likeness (QED) is 0.659. The highest BCUT2D eigenvalue weighted by molar-refractivity contribution is 5.78. The minimum atomic E-state index is -0.304. The van der Waals surface area contributed by atoms with Gasteiger partial charge in [-0.3, -0.25) is 4.57 Å². The van der Waals surface area contributed by atoms with Crippen molar-refractivity contribution >= 4 is 6.03 Å². The van der Waals surface area contributed by atoms with Crippen LogP contribution < -0.4 is 0 Å². The SMILES string of the molecule is Cc1ccc(-c2cn(C(=O)N(Cc3ccccc3)C(C)(C)C)cn2)cc1. The van der Waals surface area contributed by atoms with E-state index < -0.39 is 0 Å². The Kier molecular flexibility index (Phi) is 4.94. The highest BCUT2D eigenvalue weighted by atomic mass is 16.2. The van der Waals surface area contributed by atoms with Crippen molar-refractivity contribution in [3.05, 3.63) is 78.2 Å². The number of carbonyl (C=O) groups is 1. The first-order valence-corrected chi connectivity index (χ1v) is 8.81. The van der Waals surface area contributed by atoms with Crippen LogP contribution in [0.1, 0.15) is 31.9 Å². The van der Waals surface area contributed by atoms with Crippen LogP contribution in [0.25, 0.3) is 11.3 Å². The molecule has 134 valence electrons. The molecule has 1 amide bonds. The number of nitrogens with zero attached hydrogens (tertiary/aromatic N) is 3. The Morgan fingerprint density at radius 2 is 1.69 bits per heavy atom. The fraction of sp³-hybridized carbons (Fsp3) is 0.273. The molecule has 0 aliphatic rings. The summed E-state index contributed by atoms with van der Waals surface area (Å²) in [6.07, 6.45) is 3.40. The third kappa shape index (κ3) is 4.02. The number of imidazole rings is 1. The van der Waals surface area contributed by atoms with Gasteiger partial charge in [0.15, 0.2) is 0 Å². The van der Waals surface area contributed by atoms with Crippen LogP contribution in [0.3, 0.4) is 0 Å². The molecule has 4 heteroatoms. The van der Waals surface area contributed by atoms with Crippen molar-refractivity contribution in [2.45, 2.75) is 39.8 Å². The van der Waals surface area contributed by atoms with Crippen molar-refractivity contribution in [3.63, 3.8) is 0 Å². The summed E-state index contributed by atoms with van der Waals surface area (Å²) >= 11 is 0. The second-order valence-corrected chi connectivity index (χ2v) is 7.56. The van der Waals surface area contributed by atoms with Crippen molar-refractivity contribution in [1.82, 2.24) is 14.5 Å². The largest absolute Gasteiger partial charge is 0.330 e. The molecular formula is C22H25N3O. The van der Waals surface area contributed by atoms with E-state index in [0.29, 0.717) is 6.54 Å². The van der Waals surface area contributed by atoms with Crippen LogP contribution >= 0.6 is 0 Å². The number of hydrogen-bond donors (Lipinski definition) is 0. The van der Waals surface area contributed by atoms with Gasteiger partial charge in [-0.25, -0.2) is 9.78 Å². The molecule has 0 radical (unpaired) electrons. The highest BCUT2D eigenvalue weighted by Gasteiger charge is 2.28. The van der Waals surface area contributed by atoms with Crippen LogP contribution in [0.4, 0.5) is 4.79 Å². The molecule has 0 saturated heterocycles. The van der Waals surface area contributed by atoms with Crippen LogP contribution in [0, 0.1) is 6.92 Å². The number of carbonyl (C=O) groups excluding carboxylic acids is 1. The van der Waals surface area contributed by atoms with Gasteiger partial charge in [0.1, 0.15) is 6.33 Å². The summed E-state index contributed by atoms with van der Waals surface area (Å²) in [5, 5.41) is 0. The van der Waals surface area contributed by atoms with E-state index in [1.165, 1.54) is 5.56 Å². The summed E-state index contributed by atoms with van der Waals surface area (Å²) in [5.74, 6) is 0. The first-order valence-electron chi connectivity index (χ1n) is 8.81. The Labute approximate surface area is 155 Å². The van der Waals surface area contributed by atoms with Gasteiger partial charge in [-0.15, -0.1) is 0 Å². The topological polar surface area (TPSA) is 38.1 Å². The van der Waals surface area contributed by atoms with E-state index in [4.69, 9.17) is 0 Å². The molecule has 0 unspecified atom stereocenters. The standard InChI is InChI=1S/C22H25N3O/c1-17-10-12-19(13-11-17)20-15-24(16-23-20)21(26)25(22(2,3)4)14-18-8-6-5-7-9-18/h5-13,15-16H,14H2,1-4H3. The lowest BCUT2D eigenvalue weighted by Gasteiger charge is -2.35. The van der Waals surface area contributed by atoms with Gasteiger partial charge < -0.3 is 4.90 Å². The van der Waals surface area contributed by atoms with E-state index in [0.717, 1.165) is 16.8 Å². The molecule has 1 heterocycles. The summed E-state index contributed by atoms with van der Waals surface area (Å²) in [6, 6.07) is 18.1. The first kappa shape index (κ1) is 17.9. The molecule has 0 atom stereocenters. The van der Waals surface area contributed by atoms with E-state index in [1.54, 1.807) is 17.1 Å². The van der Waals surface area contributed by atoms with Crippen molar-refractivity contribution < 1.29 is 4.79 Å². The lowest BCUT2D eigenvalue weighted by atomic mass is 10.1. The highest BCUT2D eigenvalue weighted by Crippen LogP contribution is 2.21. The lowest BCUT2D eigenvalue weighted by molar-refractivity contribution is 0.141. The average molecular weight is 347 g/mol. The summed E-state index contributed by atoms with van der Waals surface area (Å²) in [5.41, 5.74) is 3.81. The Morgan fingerprint density at radius 3 is 2.31 bits per heavy atom. The maximum absolute atomic E-state index is 13.1. The van der Waals surface area contributed by atoms with Gasteiger partial charge in [0.05, 0.1) is 5.69 Å². The predicted octanol–water partition coefficient (Wildman–Crippen LogP) is 5.13. The maximum Gasteiger partial charge on any atom is 0.330 e. The number of rotatable bonds is 3. The monoisotopic (exact) mass is 347 g/mol. The van der Waals surface area contributed by atoms with Crippen LogP contribution in [0.5, 0.6) is 0 Å². The third-order valence-electron chi connectivity index (χ3n) is 4.37. The van der Waals surface area contributed by atoms with Gasteiger partial charge in [-0.2, -0.15) is 0 Å². The molecule has 4 nitrogen and oxygen atoms in total. The fourth-order valence-corrected chi connectivity index (χ4v) is 2.80. The average Bonchev–Trinajstić information content (AvgIpc) is 3.10. The second kappa shape index (κ2) is 7.16. The third-order valence-corrected chi connectivity index (χ3v) is 4.37. The van der Waals surface area contributed by atoms with E-state index in [1.807, 2.05) is 80.3 Å². The van der Waals surface area contributed by atoms with E-state index in [2.05, 4.69) is 11.9 Å². The van der Waals surface area contributed by atoms with E-state index >= 15 is 0 Å². The number of benzene rings is 2. The molecular weight excluding hydrogens is 322 g/mol. The molecule has 1 aromatic heterocycles. The van der Waals surface area contributed by atoms with Crippen LogP contribution in [0.15, 0.2) is 67.1 Å². The zero-order valence-electron chi connectivity index (χ0n) is 15.8. The van der Waals surface area contributed by atoms with Gasteiger partial charge in [0.2, 0.25) is 0 Å². The first-order chi connectivity index (χ1) is 12.3. The Bertz CT molecular complexity index is 874. The number of aromatic nitrogens is 2. The predicted molar refractivity (Wildman–Crippen MR) is 105 cm³/mol. The van der Waals surface area contributed by atoms with E-state index in [-0.39, 0.29) is 11.6 Å². The number of aryl methyl sites for hydroxylation is 1. The van der Waals surface area contributed by atoms with Crippen molar-refractivity contribution in [2.24, 2.45) is 0 Å². The van der Waals surface area contributed by atoms with Crippen LogP contribution in [-0.2, 0) is 6.54 Å². The number of amides is 1. The molecule has 0 saturated carbocycles. The van der Waals surface area contributed by atoms with Crippen LogP contribution in [0.2, 0.25) is 0 Å². The molecule has 26 heavy (non-hydrogen) atoms.